The molecule has 0 unspecified atom stereocenters. The van der Waals surface area contributed by atoms with Crippen molar-refractivity contribution in [2.24, 2.45) is 4.99 Å². The minimum atomic E-state index is -0.674. The number of nitrogens with zero attached hydrogens (tertiary/aromatic N) is 3. The van der Waals surface area contributed by atoms with Crippen LogP contribution in [0, 0.1) is 10.1 Å². The summed E-state index contributed by atoms with van der Waals surface area (Å²) in [6, 6.07) is 16.7. The van der Waals surface area contributed by atoms with Crippen LogP contribution in [0.2, 0.25) is 0 Å². The molecule has 3 aromatic rings. The minimum Gasteiger partial charge on any atom is -0.502 e. The normalized spacial score (nSPS) is 16.5. The van der Waals surface area contributed by atoms with Crippen molar-refractivity contribution in [1.29, 1.82) is 0 Å². The second-order valence-electron chi connectivity index (χ2n) is 6.32. The van der Waals surface area contributed by atoms with Crippen molar-refractivity contribution in [1.82, 2.24) is 4.90 Å². The third kappa shape index (κ3) is 4.11. The molecule has 1 amide bonds. The Morgan fingerprint density at radius 1 is 1.17 bits per heavy atom. The van der Waals surface area contributed by atoms with Gasteiger partial charge in [0.1, 0.15) is 5.76 Å². The molecule has 8 nitrogen and oxygen atoms in total. The van der Waals surface area contributed by atoms with E-state index in [-0.39, 0.29) is 12.5 Å². The number of rotatable bonds is 5. The number of aliphatic imine (C=N–C) groups is 1. The average molecular weight is 421 g/mol. The molecule has 0 saturated carbocycles. The zero-order valence-corrected chi connectivity index (χ0v) is 16.3. The van der Waals surface area contributed by atoms with Crippen LogP contribution in [0.4, 0.5) is 11.4 Å². The Bertz CT molecular complexity index is 1160. The van der Waals surface area contributed by atoms with Gasteiger partial charge in [0.15, 0.2) is 10.9 Å². The van der Waals surface area contributed by atoms with Crippen molar-refractivity contribution >= 4 is 40.3 Å². The molecule has 9 heteroatoms. The number of phenols is 1. The highest BCUT2D eigenvalue weighted by molar-refractivity contribution is 8.18. The molecule has 0 atom stereocenters. The summed E-state index contributed by atoms with van der Waals surface area (Å²) in [5, 5.41) is 21.2. The third-order valence-electron chi connectivity index (χ3n) is 4.26. The van der Waals surface area contributed by atoms with E-state index in [1.807, 2.05) is 30.3 Å². The van der Waals surface area contributed by atoms with Gasteiger partial charge in [0, 0.05) is 6.07 Å². The van der Waals surface area contributed by atoms with Crippen LogP contribution in [0.1, 0.15) is 11.3 Å². The molecule has 1 aromatic heterocycles. The van der Waals surface area contributed by atoms with E-state index in [1.165, 1.54) is 41.1 Å². The van der Waals surface area contributed by atoms with Gasteiger partial charge in [-0.1, -0.05) is 24.3 Å². The van der Waals surface area contributed by atoms with E-state index in [1.54, 1.807) is 18.2 Å². The summed E-state index contributed by atoms with van der Waals surface area (Å²) in [5.74, 6) is -0.119. The van der Waals surface area contributed by atoms with Crippen LogP contribution in [0.15, 0.2) is 81.2 Å². The van der Waals surface area contributed by atoms with Crippen LogP contribution in [0.3, 0.4) is 0 Å². The number of carbonyl (C=O) groups excluding carboxylic acids is 1. The van der Waals surface area contributed by atoms with Crippen molar-refractivity contribution in [3.05, 3.63) is 93.3 Å². The van der Waals surface area contributed by atoms with Gasteiger partial charge in [-0.15, -0.1) is 0 Å². The first-order valence-electron chi connectivity index (χ1n) is 8.86. The molecule has 1 saturated heterocycles. The first-order chi connectivity index (χ1) is 14.5. The Balaban J connectivity index is 1.70. The monoisotopic (exact) mass is 421 g/mol. The molecular weight excluding hydrogens is 406 g/mol. The van der Waals surface area contributed by atoms with Crippen molar-refractivity contribution < 1.29 is 19.2 Å². The van der Waals surface area contributed by atoms with Crippen LogP contribution in [0.25, 0.3) is 6.08 Å². The van der Waals surface area contributed by atoms with Gasteiger partial charge in [-0.2, -0.15) is 0 Å². The first kappa shape index (κ1) is 19.5. The summed E-state index contributed by atoms with van der Waals surface area (Å²) in [5.41, 5.74) is 0.693. The predicted octanol–water partition coefficient (Wildman–Crippen LogP) is 4.70. The van der Waals surface area contributed by atoms with Crippen LogP contribution < -0.4 is 0 Å². The number of para-hydroxylation sites is 1. The van der Waals surface area contributed by atoms with Crippen LogP contribution in [0.5, 0.6) is 5.75 Å². The molecule has 0 aliphatic carbocycles. The van der Waals surface area contributed by atoms with Crippen LogP contribution in [-0.2, 0) is 11.3 Å². The van der Waals surface area contributed by atoms with Crippen LogP contribution >= 0.6 is 11.8 Å². The van der Waals surface area contributed by atoms with Gasteiger partial charge in [-0.05, 0) is 53.7 Å². The third-order valence-corrected chi connectivity index (χ3v) is 5.26. The number of hydrogen-bond donors (Lipinski definition) is 1. The number of carbonyl (C=O) groups is 1. The lowest BCUT2D eigenvalue weighted by atomic mass is 10.1. The SMILES string of the molecule is O=C1/C(=C/c2ccc(O)c([N+](=O)[O-])c2)SC(=Nc2ccccc2)N1Cc1ccco1. The predicted molar refractivity (Wildman–Crippen MR) is 113 cm³/mol. The van der Waals surface area contributed by atoms with Gasteiger partial charge in [0.2, 0.25) is 0 Å². The zero-order chi connectivity index (χ0) is 21.1. The highest BCUT2D eigenvalue weighted by Crippen LogP contribution is 2.36. The number of nitro groups is 1. The summed E-state index contributed by atoms with van der Waals surface area (Å²) in [7, 11) is 0. The standard InChI is InChI=1S/C21H15N3O5S/c25-18-9-8-14(11-17(18)24(27)28)12-19-20(26)23(13-16-7-4-10-29-16)21(30-19)22-15-5-2-1-3-6-15/h1-12,25H,13H2/b19-12-,22-21?. The Morgan fingerprint density at radius 3 is 2.67 bits per heavy atom. The van der Waals surface area contributed by atoms with E-state index < -0.39 is 16.4 Å². The maximum Gasteiger partial charge on any atom is 0.311 e. The zero-order valence-electron chi connectivity index (χ0n) is 15.5. The maximum atomic E-state index is 13.1. The largest absolute Gasteiger partial charge is 0.502 e. The molecule has 4 rings (SSSR count). The molecule has 150 valence electrons. The Hall–Kier alpha value is -3.85. The van der Waals surface area contributed by atoms with E-state index >= 15 is 0 Å². The average Bonchev–Trinajstić information content (AvgIpc) is 3.34. The molecule has 1 fully saturated rings. The van der Waals surface area contributed by atoms with Gasteiger partial charge < -0.3 is 9.52 Å². The van der Waals surface area contributed by atoms with E-state index in [9.17, 15) is 20.0 Å². The molecule has 0 spiro atoms. The molecule has 2 heterocycles. The maximum absolute atomic E-state index is 13.1. The minimum absolute atomic E-state index is 0.206. The fourth-order valence-electron chi connectivity index (χ4n) is 2.83. The second-order valence-corrected chi connectivity index (χ2v) is 7.33. The number of aromatic hydroxyl groups is 1. The lowest BCUT2D eigenvalue weighted by Gasteiger charge is -2.13. The van der Waals surface area contributed by atoms with E-state index in [2.05, 4.69) is 4.99 Å². The molecule has 0 bridgehead atoms. The van der Waals surface area contributed by atoms with Crippen molar-refractivity contribution in [3.8, 4) is 5.75 Å². The lowest BCUT2D eigenvalue weighted by molar-refractivity contribution is -0.385. The summed E-state index contributed by atoms with van der Waals surface area (Å²) >= 11 is 1.17. The lowest BCUT2D eigenvalue weighted by Crippen LogP contribution is -2.28. The van der Waals surface area contributed by atoms with Crippen molar-refractivity contribution in [2.75, 3.05) is 0 Å². The molecule has 30 heavy (non-hydrogen) atoms. The number of benzene rings is 2. The van der Waals surface area contributed by atoms with Crippen molar-refractivity contribution in [3.63, 3.8) is 0 Å². The molecular formula is C21H15N3O5S. The van der Waals surface area contributed by atoms with E-state index in [4.69, 9.17) is 4.42 Å². The Morgan fingerprint density at radius 2 is 1.97 bits per heavy atom. The van der Waals surface area contributed by atoms with Gasteiger partial charge in [-0.3, -0.25) is 19.8 Å². The summed E-state index contributed by atoms with van der Waals surface area (Å²) in [6.07, 6.45) is 3.07. The molecule has 1 N–H and O–H groups in total. The second kappa shape index (κ2) is 8.26. The smallest absolute Gasteiger partial charge is 0.311 e. The summed E-state index contributed by atoms with van der Waals surface area (Å²) in [6.45, 7) is 0.206. The van der Waals surface area contributed by atoms with Crippen molar-refractivity contribution in [2.45, 2.75) is 6.54 Å². The van der Waals surface area contributed by atoms with Gasteiger partial charge >= 0.3 is 5.69 Å². The summed E-state index contributed by atoms with van der Waals surface area (Å²) < 4.78 is 5.37. The molecule has 1 aliphatic heterocycles. The van der Waals surface area contributed by atoms with Crippen LogP contribution in [-0.4, -0.2) is 26.0 Å². The van der Waals surface area contributed by atoms with E-state index in [0.717, 1.165) is 0 Å². The number of hydrogen-bond acceptors (Lipinski definition) is 7. The Kier molecular flexibility index (Phi) is 5.36. The highest BCUT2D eigenvalue weighted by atomic mass is 32.2. The molecule has 0 radical (unpaired) electrons. The number of amidine groups is 1. The van der Waals surface area contributed by atoms with E-state index in [0.29, 0.717) is 27.1 Å². The number of amides is 1. The number of nitro benzene ring substituents is 1. The molecule has 1 aliphatic rings. The Labute approximate surface area is 175 Å². The highest BCUT2D eigenvalue weighted by Gasteiger charge is 2.34. The fourth-order valence-corrected chi connectivity index (χ4v) is 3.83. The van der Waals surface area contributed by atoms with Gasteiger partial charge in [0.25, 0.3) is 5.91 Å². The molecule has 2 aromatic carbocycles. The fraction of sp³-hybridized carbons (Fsp3) is 0.0476. The first-order valence-corrected chi connectivity index (χ1v) is 9.68. The number of furan rings is 1. The quantitative estimate of drug-likeness (QED) is 0.363. The number of thioether (sulfide) groups is 1. The van der Waals surface area contributed by atoms with Gasteiger partial charge in [-0.25, -0.2) is 4.99 Å². The number of phenolic OH excluding ortho intramolecular Hbond substituents is 1. The van der Waals surface area contributed by atoms with Gasteiger partial charge in [0.05, 0.1) is 28.3 Å². The topological polar surface area (TPSA) is 109 Å². The summed E-state index contributed by atoms with van der Waals surface area (Å²) in [4.78, 5) is 29.9.